The summed E-state index contributed by atoms with van der Waals surface area (Å²) in [6, 6.07) is 0.563. The van der Waals surface area contributed by atoms with Crippen molar-refractivity contribution in [3.05, 3.63) is 15.6 Å². The summed E-state index contributed by atoms with van der Waals surface area (Å²) >= 11 is 1.75. The number of guanidine groups is 1. The highest BCUT2D eigenvalue weighted by atomic mass is 32.1. The molecule has 2 N–H and O–H groups in total. The lowest BCUT2D eigenvalue weighted by molar-refractivity contribution is 0.171. The van der Waals surface area contributed by atoms with E-state index in [1.54, 1.807) is 11.3 Å². The van der Waals surface area contributed by atoms with Crippen molar-refractivity contribution in [1.82, 2.24) is 20.5 Å². The van der Waals surface area contributed by atoms with Crippen LogP contribution in [0.5, 0.6) is 0 Å². The van der Waals surface area contributed by atoms with Gasteiger partial charge in [-0.1, -0.05) is 19.3 Å². The van der Waals surface area contributed by atoms with Crippen molar-refractivity contribution in [1.29, 1.82) is 0 Å². The molecule has 1 aliphatic carbocycles. The van der Waals surface area contributed by atoms with Crippen LogP contribution in [-0.2, 0) is 6.54 Å². The molecular formula is C18H33N5S. The van der Waals surface area contributed by atoms with Crippen molar-refractivity contribution in [2.24, 2.45) is 10.9 Å². The number of hydrogen-bond donors (Lipinski definition) is 2. The average Bonchev–Trinajstić information content (AvgIpc) is 2.89. The Hall–Kier alpha value is -1.14. The number of likely N-dealkylation sites (N-methyl/N-ethyl adjacent to an activating group) is 1. The molecule has 0 aromatic carbocycles. The molecule has 0 aliphatic heterocycles. The molecule has 24 heavy (non-hydrogen) atoms. The molecule has 0 saturated heterocycles. The van der Waals surface area contributed by atoms with E-state index in [-0.39, 0.29) is 0 Å². The first kappa shape index (κ1) is 19.2. The van der Waals surface area contributed by atoms with E-state index in [1.807, 2.05) is 7.05 Å². The number of thiazole rings is 1. The van der Waals surface area contributed by atoms with Crippen LogP contribution < -0.4 is 10.6 Å². The van der Waals surface area contributed by atoms with Crippen LogP contribution in [0.2, 0.25) is 0 Å². The van der Waals surface area contributed by atoms with Crippen LogP contribution in [0.25, 0.3) is 0 Å². The molecule has 1 aromatic heterocycles. The maximum absolute atomic E-state index is 4.58. The first-order chi connectivity index (χ1) is 11.5. The Balaban J connectivity index is 1.84. The summed E-state index contributed by atoms with van der Waals surface area (Å²) in [7, 11) is 6.22. The predicted molar refractivity (Wildman–Crippen MR) is 104 cm³/mol. The number of aryl methyl sites for hydroxylation is 2. The molecule has 2 rings (SSSR count). The molecular weight excluding hydrogens is 318 g/mol. The van der Waals surface area contributed by atoms with Gasteiger partial charge in [0.1, 0.15) is 5.01 Å². The minimum absolute atomic E-state index is 0.563. The van der Waals surface area contributed by atoms with Crippen molar-refractivity contribution in [3.8, 4) is 0 Å². The minimum Gasteiger partial charge on any atom is -0.355 e. The minimum atomic E-state index is 0.563. The largest absolute Gasteiger partial charge is 0.355 e. The van der Waals surface area contributed by atoms with Crippen LogP contribution in [0.4, 0.5) is 0 Å². The second-order valence-corrected chi connectivity index (χ2v) is 8.27. The molecule has 1 atom stereocenters. The summed E-state index contributed by atoms with van der Waals surface area (Å²) in [5, 5.41) is 8.02. The van der Waals surface area contributed by atoms with Crippen LogP contribution in [0.15, 0.2) is 4.99 Å². The predicted octanol–water partition coefficient (Wildman–Crippen LogP) is 2.94. The van der Waals surface area contributed by atoms with Gasteiger partial charge in [0.15, 0.2) is 5.96 Å². The molecule has 1 heterocycles. The summed E-state index contributed by atoms with van der Waals surface area (Å²) < 4.78 is 0. The van der Waals surface area contributed by atoms with E-state index in [2.05, 4.69) is 53.5 Å². The molecule has 1 fully saturated rings. The van der Waals surface area contributed by atoms with Gasteiger partial charge in [0, 0.05) is 24.5 Å². The molecule has 5 nitrogen and oxygen atoms in total. The highest BCUT2D eigenvalue weighted by Crippen LogP contribution is 2.28. The second kappa shape index (κ2) is 9.37. The van der Waals surface area contributed by atoms with E-state index in [4.69, 9.17) is 0 Å². The summed E-state index contributed by atoms with van der Waals surface area (Å²) in [4.78, 5) is 12.6. The van der Waals surface area contributed by atoms with Crippen LogP contribution in [0.1, 0.15) is 47.7 Å². The Kier molecular flexibility index (Phi) is 7.49. The molecule has 1 unspecified atom stereocenters. The van der Waals surface area contributed by atoms with Crippen molar-refractivity contribution in [3.63, 3.8) is 0 Å². The fourth-order valence-electron chi connectivity index (χ4n) is 3.49. The zero-order valence-electron chi connectivity index (χ0n) is 15.9. The van der Waals surface area contributed by atoms with E-state index in [0.717, 1.165) is 35.7 Å². The SMILES string of the molecule is CN=C(NCc1nc(C)c(C)s1)NCC(C1CCCCC1)N(C)C. The molecule has 0 bridgehead atoms. The number of aromatic nitrogens is 1. The lowest BCUT2D eigenvalue weighted by Gasteiger charge is -2.35. The zero-order valence-corrected chi connectivity index (χ0v) is 16.7. The second-order valence-electron chi connectivity index (χ2n) is 6.98. The van der Waals surface area contributed by atoms with Crippen molar-refractivity contribution in [2.45, 2.75) is 58.5 Å². The van der Waals surface area contributed by atoms with Gasteiger partial charge in [-0.3, -0.25) is 4.99 Å². The third kappa shape index (κ3) is 5.45. The Morgan fingerprint density at radius 1 is 1.25 bits per heavy atom. The zero-order chi connectivity index (χ0) is 17.5. The number of rotatable bonds is 6. The molecule has 136 valence electrons. The smallest absolute Gasteiger partial charge is 0.191 e. The van der Waals surface area contributed by atoms with E-state index in [9.17, 15) is 0 Å². The van der Waals surface area contributed by atoms with Gasteiger partial charge in [0.25, 0.3) is 0 Å². The Labute approximate surface area is 151 Å². The first-order valence-corrected chi connectivity index (χ1v) is 9.86. The normalized spacial score (nSPS) is 18.0. The summed E-state index contributed by atoms with van der Waals surface area (Å²) in [5.74, 6) is 1.66. The highest BCUT2D eigenvalue weighted by Gasteiger charge is 2.25. The molecule has 0 radical (unpaired) electrons. The maximum Gasteiger partial charge on any atom is 0.191 e. The third-order valence-electron chi connectivity index (χ3n) is 5.04. The van der Waals surface area contributed by atoms with Gasteiger partial charge in [-0.15, -0.1) is 11.3 Å². The number of nitrogens with one attached hydrogen (secondary N) is 2. The van der Waals surface area contributed by atoms with E-state index in [1.165, 1.54) is 37.0 Å². The van der Waals surface area contributed by atoms with Crippen LogP contribution in [-0.4, -0.2) is 49.6 Å². The van der Waals surface area contributed by atoms with Crippen molar-refractivity contribution in [2.75, 3.05) is 27.7 Å². The van der Waals surface area contributed by atoms with Crippen molar-refractivity contribution < 1.29 is 0 Å². The molecule has 6 heteroatoms. The van der Waals surface area contributed by atoms with Gasteiger partial charge in [-0.2, -0.15) is 0 Å². The number of nitrogens with zero attached hydrogens (tertiary/aromatic N) is 3. The molecule has 1 aliphatic rings. The molecule has 1 aromatic rings. The summed E-state index contributed by atoms with van der Waals surface area (Å²) in [6.07, 6.45) is 6.87. The van der Waals surface area contributed by atoms with Gasteiger partial charge < -0.3 is 15.5 Å². The average molecular weight is 352 g/mol. The third-order valence-corrected chi connectivity index (χ3v) is 6.11. The fourth-order valence-corrected chi connectivity index (χ4v) is 4.36. The quantitative estimate of drug-likeness (QED) is 0.611. The van der Waals surface area contributed by atoms with Gasteiger partial charge in [0.2, 0.25) is 0 Å². The highest BCUT2D eigenvalue weighted by molar-refractivity contribution is 7.11. The van der Waals surface area contributed by atoms with Crippen LogP contribution in [0.3, 0.4) is 0 Å². The lowest BCUT2D eigenvalue weighted by atomic mass is 9.83. The standard InChI is InChI=1S/C18H33N5S/c1-13-14(2)24-17(22-13)12-21-18(19-3)20-11-16(23(4)5)15-9-7-6-8-10-15/h15-16H,6-12H2,1-5H3,(H2,19,20,21). The van der Waals surface area contributed by atoms with Crippen molar-refractivity contribution >= 4 is 17.3 Å². The van der Waals surface area contributed by atoms with E-state index in [0.29, 0.717) is 6.04 Å². The van der Waals surface area contributed by atoms with Gasteiger partial charge in [-0.05, 0) is 46.7 Å². The Morgan fingerprint density at radius 3 is 2.50 bits per heavy atom. The number of aliphatic imine (C=N–C) groups is 1. The monoisotopic (exact) mass is 351 g/mol. The Morgan fingerprint density at radius 2 is 1.96 bits per heavy atom. The summed E-state index contributed by atoms with van der Waals surface area (Å²) in [6.45, 7) is 5.85. The molecule has 1 saturated carbocycles. The van der Waals surface area contributed by atoms with E-state index < -0.39 is 0 Å². The molecule has 0 amide bonds. The summed E-state index contributed by atoms with van der Waals surface area (Å²) in [5.41, 5.74) is 1.13. The Bertz CT molecular complexity index is 512. The molecule has 0 spiro atoms. The van der Waals surface area contributed by atoms with Gasteiger partial charge in [-0.25, -0.2) is 4.98 Å². The van der Waals surface area contributed by atoms with Crippen LogP contribution >= 0.6 is 11.3 Å². The van der Waals surface area contributed by atoms with Gasteiger partial charge >= 0.3 is 0 Å². The van der Waals surface area contributed by atoms with Gasteiger partial charge in [0.05, 0.1) is 12.2 Å². The lowest BCUT2D eigenvalue weighted by Crippen LogP contribution is -2.48. The topological polar surface area (TPSA) is 52.6 Å². The maximum atomic E-state index is 4.58. The fraction of sp³-hybridized carbons (Fsp3) is 0.778. The van der Waals surface area contributed by atoms with E-state index >= 15 is 0 Å². The number of hydrogen-bond acceptors (Lipinski definition) is 4. The first-order valence-electron chi connectivity index (χ1n) is 9.05. The van der Waals surface area contributed by atoms with Crippen LogP contribution in [0, 0.1) is 19.8 Å².